The number of hydrogen-bond donors (Lipinski definition) is 0. The molecule has 0 fully saturated rings. The molecule has 1 atom stereocenters. The maximum Gasteiger partial charge on any atom is 0.164 e. The lowest BCUT2D eigenvalue weighted by Gasteiger charge is -2.19. The van der Waals surface area contributed by atoms with Gasteiger partial charge in [-0.05, 0) is 39.3 Å². The van der Waals surface area contributed by atoms with Gasteiger partial charge in [-0.25, -0.2) is 4.98 Å². The highest BCUT2D eigenvalue weighted by Crippen LogP contribution is 2.41. The zero-order valence-corrected chi connectivity index (χ0v) is 17.7. The molecular formula is C22H28N4O3. The van der Waals surface area contributed by atoms with E-state index in [1.165, 1.54) is 11.3 Å². The summed E-state index contributed by atoms with van der Waals surface area (Å²) < 4.78 is 21.6. The molecule has 7 heteroatoms. The van der Waals surface area contributed by atoms with Gasteiger partial charge in [0.15, 0.2) is 11.5 Å². The van der Waals surface area contributed by atoms with Crippen LogP contribution in [0.1, 0.15) is 36.3 Å². The Bertz CT molecular complexity index is 1020. The predicted molar refractivity (Wildman–Crippen MR) is 111 cm³/mol. The minimum absolute atomic E-state index is 0.182. The van der Waals surface area contributed by atoms with E-state index in [1.807, 2.05) is 24.7 Å². The Kier molecular flexibility index (Phi) is 5.22. The maximum absolute atomic E-state index is 5.88. The molecule has 0 unspecified atom stereocenters. The van der Waals surface area contributed by atoms with Gasteiger partial charge in [-0.15, -0.1) is 0 Å². The van der Waals surface area contributed by atoms with Crippen LogP contribution in [0, 0.1) is 20.8 Å². The SMILES string of the molecule is COc1cc2c(cc1-c1cncn1C[C@H](C)n1nc(C)c(C)c1C)OCCCO2. The van der Waals surface area contributed by atoms with Crippen LogP contribution < -0.4 is 14.2 Å². The zero-order chi connectivity index (χ0) is 20.5. The highest BCUT2D eigenvalue weighted by atomic mass is 16.5. The van der Waals surface area contributed by atoms with Crippen molar-refractivity contribution in [3.8, 4) is 28.5 Å². The second kappa shape index (κ2) is 7.81. The molecule has 2 aromatic heterocycles. The van der Waals surface area contributed by atoms with Crippen molar-refractivity contribution in [2.45, 2.75) is 46.7 Å². The van der Waals surface area contributed by atoms with Crippen molar-refractivity contribution in [1.82, 2.24) is 19.3 Å². The number of imidazole rings is 1. The second-order valence-corrected chi connectivity index (χ2v) is 7.57. The molecule has 29 heavy (non-hydrogen) atoms. The summed E-state index contributed by atoms with van der Waals surface area (Å²) >= 11 is 0. The lowest BCUT2D eigenvalue weighted by Crippen LogP contribution is -2.16. The third kappa shape index (κ3) is 3.57. The van der Waals surface area contributed by atoms with Gasteiger partial charge in [-0.2, -0.15) is 5.10 Å². The first kappa shape index (κ1) is 19.4. The fraction of sp³-hybridized carbons (Fsp3) is 0.455. The smallest absolute Gasteiger partial charge is 0.164 e. The van der Waals surface area contributed by atoms with Crippen LogP contribution in [0.15, 0.2) is 24.7 Å². The first-order valence-corrected chi connectivity index (χ1v) is 10.00. The standard InChI is InChI=1S/C22H28N4O3/c1-14(26-17(4)15(2)16(3)24-26)12-25-13-23-11-19(25)18-9-21-22(10-20(18)27-5)29-8-6-7-28-21/h9-11,13-14H,6-8,12H2,1-5H3/t14-/m0/s1. The molecule has 4 rings (SSSR count). The van der Waals surface area contributed by atoms with Gasteiger partial charge < -0.3 is 18.8 Å². The van der Waals surface area contributed by atoms with E-state index in [0.29, 0.717) is 13.2 Å². The van der Waals surface area contributed by atoms with Crippen LogP contribution in [0.25, 0.3) is 11.3 Å². The molecule has 3 heterocycles. The van der Waals surface area contributed by atoms with E-state index >= 15 is 0 Å². The largest absolute Gasteiger partial charge is 0.496 e. The quantitative estimate of drug-likeness (QED) is 0.650. The van der Waals surface area contributed by atoms with Crippen molar-refractivity contribution in [2.24, 2.45) is 0 Å². The Morgan fingerprint density at radius 3 is 2.52 bits per heavy atom. The maximum atomic E-state index is 5.88. The van der Waals surface area contributed by atoms with Crippen molar-refractivity contribution in [3.63, 3.8) is 0 Å². The summed E-state index contributed by atoms with van der Waals surface area (Å²) in [6.45, 7) is 10.5. The first-order valence-electron chi connectivity index (χ1n) is 10.00. The molecule has 7 nitrogen and oxygen atoms in total. The molecule has 0 spiro atoms. The molecule has 0 saturated carbocycles. The van der Waals surface area contributed by atoms with Gasteiger partial charge >= 0.3 is 0 Å². The average molecular weight is 396 g/mol. The van der Waals surface area contributed by atoms with Gasteiger partial charge in [0.05, 0.1) is 50.3 Å². The third-order valence-electron chi connectivity index (χ3n) is 5.62. The minimum Gasteiger partial charge on any atom is -0.496 e. The Hall–Kier alpha value is -2.96. The van der Waals surface area contributed by atoms with E-state index in [-0.39, 0.29) is 6.04 Å². The fourth-order valence-corrected chi connectivity index (χ4v) is 3.79. The van der Waals surface area contributed by atoms with Gasteiger partial charge in [-0.3, -0.25) is 4.68 Å². The molecule has 0 bridgehead atoms. The summed E-state index contributed by atoms with van der Waals surface area (Å²) in [5.74, 6) is 2.21. The van der Waals surface area contributed by atoms with Crippen molar-refractivity contribution < 1.29 is 14.2 Å². The summed E-state index contributed by atoms with van der Waals surface area (Å²) in [6, 6.07) is 4.08. The second-order valence-electron chi connectivity index (χ2n) is 7.57. The van der Waals surface area contributed by atoms with E-state index in [2.05, 4.69) is 41.9 Å². The molecule has 0 N–H and O–H groups in total. The zero-order valence-electron chi connectivity index (χ0n) is 17.7. The Morgan fingerprint density at radius 1 is 1.14 bits per heavy atom. The number of rotatable bonds is 5. The lowest BCUT2D eigenvalue weighted by molar-refractivity contribution is 0.296. The summed E-state index contributed by atoms with van der Waals surface area (Å²) in [6.07, 6.45) is 4.58. The molecule has 0 saturated heterocycles. The van der Waals surface area contributed by atoms with Gasteiger partial charge in [0.25, 0.3) is 0 Å². The monoisotopic (exact) mass is 396 g/mol. The van der Waals surface area contributed by atoms with Crippen LogP contribution in [0.3, 0.4) is 0 Å². The van der Waals surface area contributed by atoms with Gasteiger partial charge in [0.1, 0.15) is 5.75 Å². The number of ether oxygens (including phenoxy) is 3. The highest BCUT2D eigenvalue weighted by Gasteiger charge is 2.20. The number of aryl methyl sites for hydroxylation is 1. The van der Waals surface area contributed by atoms with E-state index in [0.717, 1.165) is 47.2 Å². The molecule has 0 aliphatic carbocycles. The van der Waals surface area contributed by atoms with Crippen LogP contribution in [-0.2, 0) is 6.54 Å². The summed E-state index contributed by atoms with van der Waals surface area (Å²) in [4.78, 5) is 4.40. The third-order valence-corrected chi connectivity index (χ3v) is 5.62. The molecule has 1 aliphatic rings. The van der Waals surface area contributed by atoms with Crippen LogP contribution >= 0.6 is 0 Å². The van der Waals surface area contributed by atoms with Gasteiger partial charge in [0.2, 0.25) is 0 Å². The van der Waals surface area contributed by atoms with Crippen molar-refractivity contribution >= 4 is 0 Å². The van der Waals surface area contributed by atoms with Crippen LogP contribution in [-0.4, -0.2) is 39.7 Å². The summed E-state index contributed by atoms with van der Waals surface area (Å²) in [5, 5.41) is 4.72. The van der Waals surface area contributed by atoms with Crippen LogP contribution in [0.5, 0.6) is 17.2 Å². The lowest BCUT2D eigenvalue weighted by atomic mass is 10.1. The van der Waals surface area contributed by atoms with Crippen molar-refractivity contribution in [1.29, 1.82) is 0 Å². The van der Waals surface area contributed by atoms with E-state index < -0.39 is 0 Å². The van der Waals surface area contributed by atoms with Crippen LogP contribution in [0.2, 0.25) is 0 Å². The van der Waals surface area contributed by atoms with Gasteiger partial charge in [-0.1, -0.05) is 0 Å². The first-order chi connectivity index (χ1) is 14.0. The van der Waals surface area contributed by atoms with E-state index in [4.69, 9.17) is 19.3 Å². The summed E-state index contributed by atoms with van der Waals surface area (Å²) in [5.41, 5.74) is 5.43. The minimum atomic E-state index is 0.182. The Balaban J connectivity index is 1.69. The molecular weight excluding hydrogens is 368 g/mol. The molecule has 154 valence electrons. The van der Waals surface area contributed by atoms with E-state index in [9.17, 15) is 0 Å². The fourth-order valence-electron chi connectivity index (χ4n) is 3.79. The average Bonchev–Trinajstić information content (AvgIpc) is 3.17. The highest BCUT2D eigenvalue weighted by molar-refractivity contribution is 5.72. The number of fused-ring (bicyclic) bond motifs is 1. The number of benzene rings is 1. The number of hydrogen-bond acceptors (Lipinski definition) is 5. The van der Waals surface area contributed by atoms with Crippen molar-refractivity contribution in [2.75, 3.05) is 20.3 Å². The number of aromatic nitrogens is 4. The van der Waals surface area contributed by atoms with Gasteiger partial charge in [0, 0.05) is 30.3 Å². The molecule has 0 amide bonds. The number of methoxy groups -OCH3 is 1. The molecule has 1 aromatic carbocycles. The van der Waals surface area contributed by atoms with Crippen LogP contribution in [0.4, 0.5) is 0 Å². The predicted octanol–water partition coefficient (Wildman–Crippen LogP) is 4.10. The molecule has 0 radical (unpaired) electrons. The number of nitrogens with zero attached hydrogens (tertiary/aromatic N) is 4. The summed E-state index contributed by atoms with van der Waals surface area (Å²) in [7, 11) is 1.67. The normalized spacial score (nSPS) is 14.5. The van der Waals surface area contributed by atoms with E-state index in [1.54, 1.807) is 7.11 Å². The Morgan fingerprint density at radius 2 is 1.86 bits per heavy atom. The molecule has 3 aromatic rings. The van der Waals surface area contributed by atoms with Crippen molar-refractivity contribution in [3.05, 3.63) is 41.6 Å². The Labute approximate surface area is 171 Å². The molecule has 1 aliphatic heterocycles. The topological polar surface area (TPSA) is 63.3 Å².